The number of methoxy groups -OCH3 is 1. The highest BCUT2D eigenvalue weighted by atomic mass is 35.5. The molecule has 1 aromatic heterocycles. The Morgan fingerprint density at radius 2 is 1.82 bits per heavy atom. The topological polar surface area (TPSA) is 77.0 Å². The van der Waals surface area contributed by atoms with Gasteiger partial charge in [-0.25, -0.2) is 18.6 Å². The standard InChI is InChI=1S/C33H35ClF2N4O4/c1-6-18-8-7-9-19-12-22(43-17-42-5)13-23(26(18)19)27-25(35)14-24-29(28(27)36)37-31(34)38-30(24)39-15-20-10-11-21(16-39)40(20)32(41)44-33(2,3)4/h7-9,12-14,20-21H,6,10-11,15-17H2,1-5H3. The minimum atomic E-state index is -0.836. The first-order valence-corrected chi connectivity index (χ1v) is 15.2. The van der Waals surface area contributed by atoms with Gasteiger partial charge in [0.2, 0.25) is 5.28 Å². The second-order valence-corrected chi connectivity index (χ2v) is 12.7. The summed E-state index contributed by atoms with van der Waals surface area (Å²) in [6.07, 6.45) is 1.89. The van der Waals surface area contributed by atoms with Crippen molar-refractivity contribution in [3.8, 4) is 16.9 Å². The van der Waals surface area contributed by atoms with E-state index >= 15 is 8.78 Å². The third kappa shape index (κ3) is 5.49. The van der Waals surface area contributed by atoms with Gasteiger partial charge in [-0.1, -0.05) is 25.1 Å². The van der Waals surface area contributed by atoms with Crippen molar-refractivity contribution in [3.63, 3.8) is 0 Å². The molecule has 2 unspecified atom stereocenters. The zero-order valence-electron chi connectivity index (χ0n) is 25.4. The molecule has 2 aliphatic heterocycles. The summed E-state index contributed by atoms with van der Waals surface area (Å²) in [5.41, 5.74) is 0.373. The van der Waals surface area contributed by atoms with Crippen molar-refractivity contribution in [3.05, 3.63) is 58.9 Å². The van der Waals surface area contributed by atoms with E-state index in [4.69, 9.17) is 25.8 Å². The minimum absolute atomic E-state index is 0.0174. The molecule has 0 aliphatic carbocycles. The van der Waals surface area contributed by atoms with E-state index < -0.39 is 17.2 Å². The van der Waals surface area contributed by atoms with Crippen molar-refractivity contribution in [1.29, 1.82) is 0 Å². The molecule has 2 bridgehead atoms. The molecule has 3 aromatic carbocycles. The molecule has 2 fully saturated rings. The Kier molecular flexibility index (Phi) is 8.00. The highest BCUT2D eigenvalue weighted by Crippen LogP contribution is 2.42. The maximum atomic E-state index is 16.6. The van der Waals surface area contributed by atoms with Gasteiger partial charge in [-0.2, -0.15) is 4.98 Å². The van der Waals surface area contributed by atoms with Crippen LogP contribution in [-0.2, 0) is 15.9 Å². The number of carbonyl (C=O) groups is 1. The smallest absolute Gasteiger partial charge is 0.410 e. The summed E-state index contributed by atoms with van der Waals surface area (Å²) in [6.45, 7) is 8.34. The van der Waals surface area contributed by atoms with Gasteiger partial charge >= 0.3 is 6.09 Å². The number of piperazine rings is 1. The second kappa shape index (κ2) is 11.6. The third-order valence-electron chi connectivity index (χ3n) is 8.25. The van der Waals surface area contributed by atoms with Gasteiger partial charge in [-0.05, 0) is 91.7 Å². The van der Waals surface area contributed by atoms with Crippen LogP contribution in [0.25, 0.3) is 32.8 Å². The number of halogens is 3. The van der Waals surface area contributed by atoms with E-state index in [1.54, 1.807) is 11.0 Å². The summed E-state index contributed by atoms with van der Waals surface area (Å²) >= 11 is 6.39. The number of ether oxygens (including phenoxy) is 3. The fourth-order valence-corrected chi connectivity index (χ4v) is 6.67. The predicted molar refractivity (Wildman–Crippen MR) is 166 cm³/mol. The van der Waals surface area contributed by atoms with Crippen LogP contribution in [0.1, 0.15) is 46.1 Å². The van der Waals surface area contributed by atoms with E-state index in [-0.39, 0.29) is 46.7 Å². The van der Waals surface area contributed by atoms with Gasteiger partial charge in [0, 0.05) is 25.6 Å². The average Bonchev–Trinajstić information content (AvgIpc) is 3.24. The molecule has 6 rings (SSSR count). The van der Waals surface area contributed by atoms with Crippen molar-refractivity contribution in [1.82, 2.24) is 14.9 Å². The lowest BCUT2D eigenvalue weighted by Crippen LogP contribution is -2.57. The zero-order valence-corrected chi connectivity index (χ0v) is 26.2. The van der Waals surface area contributed by atoms with Crippen molar-refractivity contribution < 1.29 is 27.8 Å². The van der Waals surface area contributed by atoms with Gasteiger partial charge in [0.15, 0.2) is 12.6 Å². The predicted octanol–water partition coefficient (Wildman–Crippen LogP) is 7.51. The number of hydrogen-bond acceptors (Lipinski definition) is 7. The molecule has 2 aliphatic rings. The Morgan fingerprint density at radius 3 is 2.48 bits per heavy atom. The summed E-state index contributed by atoms with van der Waals surface area (Å²) in [5.74, 6) is -0.840. The molecular weight excluding hydrogens is 590 g/mol. The first-order chi connectivity index (χ1) is 21.0. The van der Waals surface area contributed by atoms with Gasteiger partial charge in [-0.3, -0.25) is 4.90 Å². The lowest BCUT2D eigenvalue weighted by atomic mass is 9.92. The molecule has 11 heteroatoms. The monoisotopic (exact) mass is 624 g/mol. The molecule has 0 radical (unpaired) electrons. The van der Waals surface area contributed by atoms with Crippen LogP contribution in [0.2, 0.25) is 5.28 Å². The molecular formula is C33H35ClF2N4O4. The molecule has 4 aromatic rings. The lowest BCUT2D eigenvalue weighted by Gasteiger charge is -2.42. The van der Waals surface area contributed by atoms with Crippen LogP contribution in [0.5, 0.6) is 5.75 Å². The molecule has 232 valence electrons. The van der Waals surface area contributed by atoms with Crippen LogP contribution in [0.4, 0.5) is 19.4 Å². The van der Waals surface area contributed by atoms with Gasteiger partial charge in [-0.15, -0.1) is 0 Å². The quantitative estimate of drug-likeness (QED) is 0.162. The Balaban J connectivity index is 1.45. The number of anilines is 1. The van der Waals surface area contributed by atoms with E-state index in [2.05, 4.69) is 9.97 Å². The molecule has 0 N–H and O–H groups in total. The first kappa shape index (κ1) is 30.3. The molecule has 8 nitrogen and oxygen atoms in total. The Labute approximate surface area is 259 Å². The Morgan fingerprint density at radius 1 is 1.09 bits per heavy atom. The number of carbonyl (C=O) groups excluding carboxylic acids is 1. The highest BCUT2D eigenvalue weighted by Gasteiger charge is 2.45. The van der Waals surface area contributed by atoms with Gasteiger partial charge in [0.25, 0.3) is 0 Å². The number of amides is 1. The first-order valence-electron chi connectivity index (χ1n) is 14.8. The van der Waals surface area contributed by atoms with E-state index in [0.29, 0.717) is 36.6 Å². The number of nitrogens with zero attached hydrogens (tertiary/aromatic N) is 4. The van der Waals surface area contributed by atoms with Crippen LogP contribution in [0.3, 0.4) is 0 Å². The van der Waals surface area contributed by atoms with Crippen molar-refractivity contribution in [2.75, 3.05) is 31.9 Å². The van der Waals surface area contributed by atoms with Crippen molar-refractivity contribution in [2.24, 2.45) is 0 Å². The molecule has 0 spiro atoms. The summed E-state index contributed by atoms with van der Waals surface area (Å²) in [5, 5.41) is 1.57. The summed E-state index contributed by atoms with van der Waals surface area (Å²) in [6, 6.07) is 10.2. The lowest BCUT2D eigenvalue weighted by molar-refractivity contribution is 0.0123. The van der Waals surface area contributed by atoms with Crippen molar-refractivity contribution >= 4 is 45.2 Å². The SMILES string of the molecule is CCc1cccc2cc(OCOC)cc(-c3c(F)cc4c(N5CC6CCC(C5)N6C(=O)OC(C)(C)C)nc(Cl)nc4c3F)c12. The summed E-state index contributed by atoms with van der Waals surface area (Å²) in [4.78, 5) is 25.4. The summed E-state index contributed by atoms with van der Waals surface area (Å²) < 4.78 is 49.3. The number of aryl methyl sites for hydroxylation is 1. The Bertz CT molecular complexity index is 1750. The van der Waals surface area contributed by atoms with E-state index in [9.17, 15) is 4.79 Å². The highest BCUT2D eigenvalue weighted by molar-refractivity contribution is 6.29. The third-order valence-corrected chi connectivity index (χ3v) is 8.42. The molecule has 1 amide bonds. The molecule has 0 saturated carbocycles. The van der Waals surface area contributed by atoms with E-state index in [1.807, 2.05) is 56.9 Å². The summed E-state index contributed by atoms with van der Waals surface area (Å²) in [7, 11) is 1.50. The van der Waals surface area contributed by atoms with Gasteiger partial charge in [0.05, 0.1) is 17.6 Å². The fraction of sp³-hybridized carbons (Fsp3) is 0.424. The maximum Gasteiger partial charge on any atom is 0.410 e. The zero-order chi connectivity index (χ0) is 31.3. The van der Waals surface area contributed by atoms with Crippen LogP contribution < -0.4 is 9.64 Å². The number of fused-ring (bicyclic) bond motifs is 4. The van der Waals surface area contributed by atoms with Gasteiger partial charge < -0.3 is 19.1 Å². The number of hydrogen-bond donors (Lipinski definition) is 0. The van der Waals surface area contributed by atoms with Crippen LogP contribution in [0, 0.1) is 11.6 Å². The molecule has 44 heavy (non-hydrogen) atoms. The molecule has 2 saturated heterocycles. The van der Waals surface area contributed by atoms with Crippen molar-refractivity contribution in [2.45, 2.75) is 64.6 Å². The molecule has 2 atom stereocenters. The van der Waals surface area contributed by atoms with Crippen LogP contribution in [0.15, 0.2) is 36.4 Å². The Hall–Kier alpha value is -3.76. The number of benzene rings is 3. The van der Waals surface area contributed by atoms with Crippen LogP contribution >= 0.6 is 11.6 Å². The number of rotatable bonds is 6. The van der Waals surface area contributed by atoms with E-state index in [1.165, 1.54) is 13.2 Å². The molecule has 3 heterocycles. The fourth-order valence-electron chi connectivity index (χ4n) is 6.51. The number of aromatic nitrogens is 2. The normalized spacial score (nSPS) is 18.4. The largest absolute Gasteiger partial charge is 0.468 e. The van der Waals surface area contributed by atoms with Gasteiger partial charge in [0.1, 0.15) is 28.5 Å². The van der Waals surface area contributed by atoms with E-state index in [0.717, 1.165) is 29.2 Å². The second-order valence-electron chi connectivity index (χ2n) is 12.3. The average molecular weight is 625 g/mol. The minimum Gasteiger partial charge on any atom is -0.468 e. The maximum absolute atomic E-state index is 16.6. The van der Waals surface area contributed by atoms with Crippen LogP contribution in [-0.4, -0.2) is 65.6 Å².